The number of aromatic amines is 1. The number of carbonyl (C=O) groups is 1. The SMILES string of the molecule is CNc1cn[nH]c1CCC(N)C=O. The first-order chi connectivity index (χ1) is 6.27. The third kappa shape index (κ3) is 2.55. The monoisotopic (exact) mass is 182 g/mol. The van der Waals surface area contributed by atoms with Crippen LogP contribution in [0, 0.1) is 0 Å². The predicted molar refractivity (Wildman–Crippen MR) is 50.5 cm³/mol. The molecule has 1 rings (SSSR count). The highest BCUT2D eigenvalue weighted by atomic mass is 16.1. The first-order valence-electron chi connectivity index (χ1n) is 4.18. The van der Waals surface area contributed by atoms with E-state index in [0.717, 1.165) is 24.1 Å². The molecule has 0 fully saturated rings. The lowest BCUT2D eigenvalue weighted by atomic mass is 10.1. The molecule has 1 aromatic heterocycles. The van der Waals surface area contributed by atoms with Crippen molar-refractivity contribution >= 4 is 12.0 Å². The molecule has 0 amide bonds. The molecule has 0 radical (unpaired) electrons. The van der Waals surface area contributed by atoms with E-state index >= 15 is 0 Å². The van der Waals surface area contributed by atoms with Crippen molar-refractivity contribution in [2.75, 3.05) is 12.4 Å². The molecule has 0 bridgehead atoms. The maximum absolute atomic E-state index is 10.3. The molecule has 5 nitrogen and oxygen atoms in total. The first-order valence-corrected chi connectivity index (χ1v) is 4.18. The zero-order valence-corrected chi connectivity index (χ0v) is 7.58. The van der Waals surface area contributed by atoms with E-state index in [0.29, 0.717) is 6.42 Å². The molecule has 13 heavy (non-hydrogen) atoms. The maximum atomic E-state index is 10.3. The second-order valence-corrected chi connectivity index (χ2v) is 2.85. The summed E-state index contributed by atoms with van der Waals surface area (Å²) in [7, 11) is 1.83. The Hall–Kier alpha value is -1.36. The van der Waals surface area contributed by atoms with E-state index in [4.69, 9.17) is 5.73 Å². The van der Waals surface area contributed by atoms with Crippen molar-refractivity contribution in [3.8, 4) is 0 Å². The lowest BCUT2D eigenvalue weighted by molar-refractivity contribution is -0.109. The number of aryl methyl sites for hydroxylation is 1. The molecular formula is C8H14N4O. The van der Waals surface area contributed by atoms with Gasteiger partial charge in [0.25, 0.3) is 0 Å². The van der Waals surface area contributed by atoms with Crippen molar-refractivity contribution in [3.63, 3.8) is 0 Å². The van der Waals surface area contributed by atoms with Gasteiger partial charge in [-0.05, 0) is 12.8 Å². The topological polar surface area (TPSA) is 83.8 Å². The number of rotatable bonds is 5. The second kappa shape index (κ2) is 4.61. The second-order valence-electron chi connectivity index (χ2n) is 2.85. The normalized spacial score (nSPS) is 12.5. The molecular weight excluding hydrogens is 168 g/mol. The third-order valence-corrected chi connectivity index (χ3v) is 1.89. The number of hydrogen-bond donors (Lipinski definition) is 3. The summed E-state index contributed by atoms with van der Waals surface area (Å²) in [5.74, 6) is 0. The van der Waals surface area contributed by atoms with Crippen molar-refractivity contribution < 1.29 is 4.79 Å². The molecule has 0 aliphatic heterocycles. The van der Waals surface area contributed by atoms with Gasteiger partial charge in [0.1, 0.15) is 6.29 Å². The van der Waals surface area contributed by atoms with Gasteiger partial charge in [0, 0.05) is 7.05 Å². The van der Waals surface area contributed by atoms with Crippen LogP contribution in [0.4, 0.5) is 5.69 Å². The third-order valence-electron chi connectivity index (χ3n) is 1.89. The van der Waals surface area contributed by atoms with Crippen LogP contribution in [0.5, 0.6) is 0 Å². The highest BCUT2D eigenvalue weighted by molar-refractivity contribution is 5.57. The van der Waals surface area contributed by atoms with Gasteiger partial charge in [0.05, 0.1) is 23.6 Å². The fourth-order valence-corrected chi connectivity index (χ4v) is 1.10. The number of aldehydes is 1. The Morgan fingerprint density at radius 3 is 3.23 bits per heavy atom. The molecule has 0 aliphatic carbocycles. The summed E-state index contributed by atoms with van der Waals surface area (Å²) in [6.07, 6.45) is 3.84. The quantitative estimate of drug-likeness (QED) is 0.556. The smallest absolute Gasteiger partial charge is 0.136 e. The van der Waals surface area contributed by atoms with Crippen LogP contribution < -0.4 is 11.1 Å². The standard InChI is InChI=1S/C8H14N4O/c1-10-8-4-11-12-7(8)3-2-6(9)5-13/h4-6,10H,2-3,9H2,1H3,(H,11,12). The number of nitrogens with one attached hydrogen (secondary N) is 2. The maximum Gasteiger partial charge on any atom is 0.136 e. The number of anilines is 1. The van der Waals surface area contributed by atoms with Crippen LogP contribution in [-0.4, -0.2) is 29.6 Å². The van der Waals surface area contributed by atoms with Crippen LogP contribution in [0.3, 0.4) is 0 Å². The van der Waals surface area contributed by atoms with Crippen molar-refractivity contribution in [3.05, 3.63) is 11.9 Å². The summed E-state index contributed by atoms with van der Waals surface area (Å²) in [6, 6.07) is -0.381. The summed E-state index contributed by atoms with van der Waals surface area (Å²) in [4.78, 5) is 10.3. The van der Waals surface area contributed by atoms with Crippen molar-refractivity contribution in [1.29, 1.82) is 0 Å². The predicted octanol–water partition coefficient (Wildman–Crippen LogP) is -0.0898. The van der Waals surface area contributed by atoms with Crippen molar-refractivity contribution in [2.45, 2.75) is 18.9 Å². The average Bonchev–Trinajstić information content (AvgIpc) is 2.61. The van der Waals surface area contributed by atoms with Gasteiger partial charge in [-0.1, -0.05) is 0 Å². The molecule has 1 heterocycles. The van der Waals surface area contributed by atoms with Crippen LogP contribution in [0.2, 0.25) is 0 Å². The molecule has 0 saturated carbocycles. The van der Waals surface area contributed by atoms with E-state index in [2.05, 4.69) is 15.5 Å². The number of carbonyl (C=O) groups excluding carboxylic acids is 1. The molecule has 5 heteroatoms. The van der Waals surface area contributed by atoms with Gasteiger partial charge in [0.2, 0.25) is 0 Å². The molecule has 0 aliphatic rings. The van der Waals surface area contributed by atoms with Crippen molar-refractivity contribution in [1.82, 2.24) is 10.2 Å². The average molecular weight is 182 g/mol. The molecule has 72 valence electrons. The molecule has 4 N–H and O–H groups in total. The minimum Gasteiger partial charge on any atom is -0.385 e. The largest absolute Gasteiger partial charge is 0.385 e. The Morgan fingerprint density at radius 1 is 1.85 bits per heavy atom. The zero-order chi connectivity index (χ0) is 9.68. The Labute approximate surface area is 76.7 Å². The van der Waals surface area contributed by atoms with Gasteiger partial charge < -0.3 is 15.8 Å². The van der Waals surface area contributed by atoms with Gasteiger partial charge in [-0.2, -0.15) is 5.10 Å². The van der Waals surface area contributed by atoms with Gasteiger partial charge in [-0.15, -0.1) is 0 Å². The molecule has 0 saturated heterocycles. The van der Waals surface area contributed by atoms with Gasteiger partial charge >= 0.3 is 0 Å². The number of nitrogens with zero attached hydrogens (tertiary/aromatic N) is 1. The number of nitrogens with two attached hydrogens (primary N) is 1. The van der Waals surface area contributed by atoms with Gasteiger partial charge in [-0.25, -0.2) is 0 Å². The molecule has 0 spiro atoms. The molecule has 1 atom stereocenters. The summed E-state index contributed by atoms with van der Waals surface area (Å²) in [5, 5.41) is 9.73. The highest BCUT2D eigenvalue weighted by Gasteiger charge is 2.05. The molecule has 1 aromatic rings. The van der Waals surface area contributed by atoms with Crippen LogP contribution >= 0.6 is 0 Å². The number of hydrogen-bond acceptors (Lipinski definition) is 4. The Bertz CT molecular complexity index is 271. The van der Waals surface area contributed by atoms with E-state index in [9.17, 15) is 4.79 Å². The summed E-state index contributed by atoms with van der Waals surface area (Å²) >= 11 is 0. The Balaban J connectivity index is 2.48. The molecule has 0 aromatic carbocycles. The minimum absolute atomic E-state index is 0.381. The van der Waals surface area contributed by atoms with Gasteiger partial charge in [0.15, 0.2) is 0 Å². The lowest BCUT2D eigenvalue weighted by Gasteiger charge is -2.03. The fourth-order valence-electron chi connectivity index (χ4n) is 1.10. The first kappa shape index (κ1) is 9.73. The lowest BCUT2D eigenvalue weighted by Crippen LogP contribution is -2.22. The molecule has 1 unspecified atom stereocenters. The van der Waals surface area contributed by atoms with Crippen LogP contribution in [0.25, 0.3) is 0 Å². The Kier molecular flexibility index (Phi) is 3.45. The van der Waals surface area contributed by atoms with Crippen LogP contribution in [0.1, 0.15) is 12.1 Å². The van der Waals surface area contributed by atoms with Crippen LogP contribution in [0.15, 0.2) is 6.20 Å². The summed E-state index contributed by atoms with van der Waals surface area (Å²) in [6.45, 7) is 0. The number of aromatic nitrogens is 2. The number of H-pyrrole nitrogens is 1. The van der Waals surface area contributed by atoms with Crippen molar-refractivity contribution in [2.24, 2.45) is 5.73 Å². The van der Waals surface area contributed by atoms with Crippen LogP contribution in [-0.2, 0) is 11.2 Å². The summed E-state index contributed by atoms with van der Waals surface area (Å²) in [5.41, 5.74) is 7.40. The van der Waals surface area contributed by atoms with E-state index in [1.54, 1.807) is 6.20 Å². The van der Waals surface area contributed by atoms with E-state index in [-0.39, 0.29) is 6.04 Å². The van der Waals surface area contributed by atoms with E-state index in [1.165, 1.54) is 0 Å². The van der Waals surface area contributed by atoms with E-state index in [1.807, 2.05) is 7.05 Å². The van der Waals surface area contributed by atoms with Gasteiger partial charge in [-0.3, -0.25) is 5.10 Å². The summed E-state index contributed by atoms with van der Waals surface area (Å²) < 4.78 is 0. The highest BCUT2D eigenvalue weighted by Crippen LogP contribution is 2.12. The zero-order valence-electron chi connectivity index (χ0n) is 7.58. The fraction of sp³-hybridized carbons (Fsp3) is 0.500. The van der Waals surface area contributed by atoms with E-state index < -0.39 is 0 Å². The minimum atomic E-state index is -0.381. The Morgan fingerprint density at radius 2 is 2.62 bits per heavy atom.